The van der Waals surface area contributed by atoms with E-state index in [2.05, 4.69) is 37.4 Å². The molecule has 0 aliphatic heterocycles. The molecule has 3 N–H and O–H groups in total. The monoisotopic (exact) mass is 275 g/mol. The number of nitrogen functional groups attached to an aromatic ring is 1. The Balaban J connectivity index is 1.95. The summed E-state index contributed by atoms with van der Waals surface area (Å²) in [6.45, 7) is 2.17. The minimum atomic E-state index is 0.301. The molecule has 2 aromatic heterocycles. The average molecular weight is 275 g/mol. The fourth-order valence-corrected chi connectivity index (χ4v) is 2.07. The van der Waals surface area contributed by atoms with Gasteiger partial charge in [0.25, 0.3) is 5.95 Å². The van der Waals surface area contributed by atoms with E-state index in [9.17, 15) is 0 Å². The number of anilines is 2. The molecule has 1 unspecified atom stereocenters. The second kappa shape index (κ2) is 5.00. The predicted molar refractivity (Wildman–Crippen MR) is 73.1 cm³/mol. The van der Waals surface area contributed by atoms with Gasteiger partial charge in [-0.1, -0.05) is 0 Å². The number of nitrogens with one attached hydrogen (secondary N) is 1. The van der Waals surface area contributed by atoms with Crippen LogP contribution in [0.5, 0.6) is 0 Å². The Morgan fingerprint density at radius 3 is 2.80 bits per heavy atom. The van der Waals surface area contributed by atoms with Crippen molar-refractivity contribution in [1.82, 2.24) is 29.7 Å². The van der Waals surface area contributed by atoms with Gasteiger partial charge in [0.1, 0.15) is 12.7 Å². The highest BCUT2D eigenvalue weighted by Crippen LogP contribution is 2.35. The molecular weight excluding hydrogens is 258 g/mol. The number of hydrazine groups is 1. The lowest BCUT2D eigenvalue weighted by atomic mass is 10.2. The van der Waals surface area contributed by atoms with Crippen LogP contribution in [-0.4, -0.2) is 42.8 Å². The van der Waals surface area contributed by atoms with Gasteiger partial charge in [-0.3, -0.25) is 5.43 Å². The molecule has 9 heteroatoms. The molecule has 0 bridgehead atoms. The topological polar surface area (TPSA) is 111 Å². The summed E-state index contributed by atoms with van der Waals surface area (Å²) >= 11 is 0. The summed E-state index contributed by atoms with van der Waals surface area (Å²) in [4.78, 5) is 18.8. The second-order valence-electron chi connectivity index (χ2n) is 4.93. The van der Waals surface area contributed by atoms with E-state index in [0.29, 0.717) is 29.8 Å². The van der Waals surface area contributed by atoms with Gasteiger partial charge in [0.05, 0.1) is 0 Å². The summed E-state index contributed by atoms with van der Waals surface area (Å²) in [5, 5.41) is 4.02. The van der Waals surface area contributed by atoms with Crippen molar-refractivity contribution in [1.29, 1.82) is 0 Å². The first kappa shape index (κ1) is 12.7. The molecule has 0 spiro atoms. The van der Waals surface area contributed by atoms with Crippen LogP contribution in [0.25, 0.3) is 5.95 Å². The van der Waals surface area contributed by atoms with Crippen molar-refractivity contribution >= 4 is 11.9 Å². The van der Waals surface area contributed by atoms with Crippen LogP contribution in [0.2, 0.25) is 0 Å². The predicted octanol–water partition coefficient (Wildman–Crippen LogP) is -0.0274. The third kappa shape index (κ3) is 2.39. The molecule has 3 rings (SSSR count). The Bertz CT molecular complexity index is 578. The van der Waals surface area contributed by atoms with Crippen molar-refractivity contribution in [3.05, 3.63) is 12.7 Å². The largest absolute Gasteiger partial charge is 0.341 e. The van der Waals surface area contributed by atoms with Gasteiger partial charge in [-0.2, -0.15) is 24.7 Å². The smallest absolute Gasteiger partial charge is 0.258 e. The van der Waals surface area contributed by atoms with Crippen molar-refractivity contribution in [2.24, 2.45) is 11.8 Å². The molecule has 0 radical (unpaired) electrons. The van der Waals surface area contributed by atoms with Crippen molar-refractivity contribution in [2.45, 2.75) is 25.8 Å². The molecule has 20 heavy (non-hydrogen) atoms. The molecule has 0 saturated heterocycles. The van der Waals surface area contributed by atoms with Crippen LogP contribution in [0.3, 0.4) is 0 Å². The third-order valence-electron chi connectivity index (χ3n) is 3.60. The molecule has 0 amide bonds. The molecule has 1 atom stereocenters. The van der Waals surface area contributed by atoms with E-state index < -0.39 is 0 Å². The second-order valence-corrected chi connectivity index (χ2v) is 4.93. The molecule has 1 aliphatic carbocycles. The molecule has 2 heterocycles. The molecule has 1 saturated carbocycles. The quantitative estimate of drug-likeness (QED) is 0.578. The van der Waals surface area contributed by atoms with Crippen LogP contribution < -0.4 is 16.2 Å². The highest BCUT2D eigenvalue weighted by molar-refractivity contribution is 5.39. The van der Waals surface area contributed by atoms with Crippen LogP contribution in [-0.2, 0) is 0 Å². The molecule has 1 aliphatic rings. The van der Waals surface area contributed by atoms with Crippen molar-refractivity contribution in [3.63, 3.8) is 0 Å². The minimum Gasteiger partial charge on any atom is -0.341 e. The summed E-state index contributed by atoms with van der Waals surface area (Å²) in [7, 11) is 1.98. The summed E-state index contributed by atoms with van der Waals surface area (Å²) in [6, 6.07) is 0.381. The fraction of sp³-hybridized carbons (Fsp3) is 0.545. The van der Waals surface area contributed by atoms with Crippen LogP contribution in [0.15, 0.2) is 12.7 Å². The first-order valence-electron chi connectivity index (χ1n) is 6.49. The lowest BCUT2D eigenvalue weighted by molar-refractivity contribution is 0.594. The Morgan fingerprint density at radius 2 is 2.20 bits per heavy atom. The van der Waals surface area contributed by atoms with E-state index in [1.807, 2.05) is 11.9 Å². The normalized spacial score (nSPS) is 15.9. The number of nitrogens with two attached hydrogens (primary N) is 1. The maximum atomic E-state index is 5.42. The molecular formula is C11H17N9. The SMILES string of the molecule is CC(C1CC1)N(C)c1nc(NN)nc(-n2cncn2)n1. The summed E-state index contributed by atoms with van der Waals surface area (Å²) in [6.07, 6.45) is 5.47. The average Bonchev–Trinajstić information content (AvgIpc) is 3.19. The van der Waals surface area contributed by atoms with Crippen LogP contribution >= 0.6 is 0 Å². The maximum Gasteiger partial charge on any atom is 0.258 e. The van der Waals surface area contributed by atoms with E-state index in [-0.39, 0.29) is 0 Å². The Kier molecular flexibility index (Phi) is 3.18. The van der Waals surface area contributed by atoms with Crippen LogP contribution in [0, 0.1) is 5.92 Å². The summed E-state index contributed by atoms with van der Waals surface area (Å²) in [5.41, 5.74) is 2.46. The van der Waals surface area contributed by atoms with Gasteiger partial charge < -0.3 is 4.90 Å². The van der Waals surface area contributed by atoms with Gasteiger partial charge in [-0.05, 0) is 25.7 Å². The minimum absolute atomic E-state index is 0.301. The number of hydrogen-bond acceptors (Lipinski definition) is 8. The lowest BCUT2D eigenvalue weighted by Crippen LogP contribution is -2.33. The fourth-order valence-electron chi connectivity index (χ4n) is 2.07. The Hall–Kier alpha value is -2.29. The highest BCUT2D eigenvalue weighted by atomic mass is 15.4. The Labute approximate surface area is 116 Å². The third-order valence-corrected chi connectivity index (χ3v) is 3.60. The first-order valence-corrected chi connectivity index (χ1v) is 6.49. The Morgan fingerprint density at radius 1 is 1.40 bits per heavy atom. The van der Waals surface area contributed by atoms with E-state index in [1.54, 1.807) is 0 Å². The van der Waals surface area contributed by atoms with Gasteiger partial charge >= 0.3 is 0 Å². The lowest BCUT2D eigenvalue weighted by Gasteiger charge is -2.25. The van der Waals surface area contributed by atoms with Crippen molar-refractivity contribution in [3.8, 4) is 5.95 Å². The van der Waals surface area contributed by atoms with Crippen molar-refractivity contribution in [2.75, 3.05) is 17.4 Å². The maximum absolute atomic E-state index is 5.42. The van der Waals surface area contributed by atoms with Crippen molar-refractivity contribution < 1.29 is 0 Å². The van der Waals surface area contributed by atoms with E-state index in [1.165, 1.54) is 30.2 Å². The van der Waals surface area contributed by atoms with Gasteiger partial charge in [0.2, 0.25) is 11.9 Å². The number of hydrogen-bond donors (Lipinski definition) is 2. The molecule has 2 aromatic rings. The van der Waals surface area contributed by atoms with E-state index in [4.69, 9.17) is 5.84 Å². The zero-order valence-electron chi connectivity index (χ0n) is 11.4. The number of rotatable bonds is 5. The summed E-state index contributed by atoms with van der Waals surface area (Å²) < 4.78 is 1.47. The molecule has 0 aromatic carbocycles. The number of aromatic nitrogens is 6. The molecule has 106 valence electrons. The molecule has 9 nitrogen and oxygen atoms in total. The standard InChI is InChI=1S/C11H17N9/c1-7(8-3-4-8)19(2)10-15-9(18-12)16-11(17-10)20-6-13-5-14-20/h5-8H,3-4,12H2,1-2H3,(H,15,16,17,18). The summed E-state index contributed by atoms with van der Waals surface area (Å²) in [5.74, 6) is 7.39. The van der Waals surface area contributed by atoms with Gasteiger partial charge in [-0.25, -0.2) is 10.8 Å². The van der Waals surface area contributed by atoms with Gasteiger partial charge in [0, 0.05) is 13.1 Å². The molecule has 1 fully saturated rings. The van der Waals surface area contributed by atoms with E-state index in [0.717, 1.165) is 0 Å². The van der Waals surface area contributed by atoms with E-state index >= 15 is 0 Å². The van der Waals surface area contributed by atoms with Crippen LogP contribution in [0.4, 0.5) is 11.9 Å². The number of nitrogens with zero attached hydrogens (tertiary/aromatic N) is 7. The zero-order valence-corrected chi connectivity index (χ0v) is 11.4. The highest BCUT2D eigenvalue weighted by Gasteiger charge is 2.31. The zero-order chi connectivity index (χ0) is 14.1. The van der Waals surface area contributed by atoms with Gasteiger partial charge in [-0.15, -0.1) is 0 Å². The van der Waals surface area contributed by atoms with Gasteiger partial charge in [0.15, 0.2) is 0 Å². The van der Waals surface area contributed by atoms with Crippen LogP contribution in [0.1, 0.15) is 19.8 Å². The first-order chi connectivity index (χ1) is 9.69.